The van der Waals surface area contributed by atoms with Crippen LogP contribution in [0.3, 0.4) is 0 Å². The Kier molecular flexibility index (Phi) is 2.14. The minimum Gasteiger partial charge on any atom is -0.486 e. The number of ether oxygens (including phenoxy) is 2. The highest BCUT2D eigenvalue weighted by molar-refractivity contribution is 5.44. The molecule has 14 heavy (non-hydrogen) atoms. The normalized spacial score (nSPS) is 17.9. The second-order valence-electron chi connectivity index (χ2n) is 4.29. The SMILES string of the molecule is CCc1ccc2c(c1)OCC(C)(C)O2. The van der Waals surface area contributed by atoms with Crippen molar-refractivity contribution in [1.29, 1.82) is 0 Å². The Labute approximate surface area is 84.8 Å². The zero-order valence-corrected chi connectivity index (χ0v) is 8.96. The lowest BCUT2D eigenvalue weighted by Gasteiger charge is -2.32. The lowest BCUT2D eigenvalue weighted by molar-refractivity contribution is 0.0212. The average molecular weight is 192 g/mol. The van der Waals surface area contributed by atoms with Gasteiger partial charge in [-0.2, -0.15) is 0 Å². The van der Waals surface area contributed by atoms with E-state index in [1.54, 1.807) is 0 Å². The minimum absolute atomic E-state index is 0.208. The molecule has 1 aromatic carbocycles. The zero-order valence-electron chi connectivity index (χ0n) is 8.96. The molecule has 0 bridgehead atoms. The molecule has 0 saturated heterocycles. The fourth-order valence-electron chi connectivity index (χ4n) is 1.55. The highest BCUT2D eigenvalue weighted by atomic mass is 16.6. The van der Waals surface area contributed by atoms with Gasteiger partial charge in [0.1, 0.15) is 12.2 Å². The smallest absolute Gasteiger partial charge is 0.162 e. The number of benzene rings is 1. The van der Waals surface area contributed by atoms with Crippen LogP contribution in [-0.4, -0.2) is 12.2 Å². The molecule has 0 amide bonds. The fraction of sp³-hybridized carbons (Fsp3) is 0.500. The Bertz CT molecular complexity index is 342. The average Bonchev–Trinajstić information content (AvgIpc) is 2.16. The van der Waals surface area contributed by atoms with E-state index < -0.39 is 0 Å². The van der Waals surface area contributed by atoms with E-state index >= 15 is 0 Å². The van der Waals surface area contributed by atoms with Gasteiger partial charge in [0.2, 0.25) is 0 Å². The van der Waals surface area contributed by atoms with Gasteiger partial charge in [0, 0.05) is 0 Å². The quantitative estimate of drug-likeness (QED) is 0.681. The van der Waals surface area contributed by atoms with Crippen molar-refractivity contribution in [3.8, 4) is 11.5 Å². The van der Waals surface area contributed by atoms with E-state index in [4.69, 9.17) is 9.47 Å². The summed E-state index contributed by atoms with van der Waals surface area (Å²) in [6.07, 6.45) is 1.03. The monoisotopic (exact) mass is 192 g/mol. The Morgan fingerprint density at radius 1 is 1.29 bits per heavy atom. The molecule has 0 saturated carbocycles. The van der Waals surface area contributed by atoms with Gasteiger partial charge in [0.15, 0.2) is 11.5 Å². The van der Waals surface area contributed by atoms with Crippen LogP contribution in [0.2, 0.25) is 0 Å². The van der Waals surface area contributed by atoms with Crippen LogP contribution < -0.4 is 9.47 Å². The molecule has 0 fully saturated rings. The molecule has 1 aliphatic heterocycles. The molecule has 0 N–H and O–H groups in total. The van der Waals surface area contributed by atoms with E-state index in [2.05, 4.69) is 19.1 Å². The number of fused-ring (bicyclic) bond motifs is 1. The first-order valence-corrected chi connectivity index (χ1v) is 5.05. The van der Waals surface area contributed by atoms with Crippen molar-refractivity contribution in [2.75, 3.05) is 6.61 Å². The lowest BCUT2D eigenvalue weighted by atomic mass is 10.1. The van der Waals surface area contributed by atoms with E-state index in [0.717, 1.165) is 17.9 Å². The Morgan fingerprint density at radius 3 is 2.79 bits per heavy atom. The van der Waals surface area contributed by atoms with Crippen LogP contribution in [0.4, 0.5) is 0 Å². The predicted molar refractivity (Wildman–Crippen MR) is 56.0 cm³/mol. The highest BCUT2D eigenvalue weighted by Crippen LogP contribution is 2.35. The Hall–Kier alpha value is -1.18. The van der Waals surface area contributed by atoms with Crippen molar-refractivity contribution in [2.45, 2.75) is 32.8 Å². The number of hydrogen-bond acceptors (Lipinski definition) is 2. The maximum Gasteiger partial charge on any atom is 0.162 e. The highest BCUT2D eigenvalue weighted by Gasteiger charge is 2.27. The fourth-order valence-corrected chi connectivity index (χ4v) is 1.55. The van der Waals surface area contributed by atoms with Crippen molar-refractivity contribution in [3.05, 3.63) is 23.8 Å². The van der Waals surface area contributed by atoms with Gasteiger partial charge in [-0.3, -0.25) is 0 Å². The molecule has 0 aliphatic carbocycles. The summed E-state index contributed by atoms with van der Waals surface area (Å²) in [5, 5.41) is 0. The molecule has 1 heterocycles. The molecule has 2 heteroatoms. The van der Waals surface area contributed by atoms with Gasteiger partial charge in [-0.05, 0) is 38.0 Å². The molecule has 1 aliphatic rings. The van der Waals surface area contributed by atoms with Gasteiger partial charge < -0.3 is 9.47 Å². The summed E-state index contributed by atoms with van der Waals surface area (Å²) >= 11 is 0. The summed E-state index contributed by atoms with van der Waals surface area (Å²) in [6, 6.07) is 6.14. The minimum atomic E-state index is -0.208. The first kappa shape index (κ1) is 9.38. The maximum atomic E-state index is 5.79. The van der Waals surface area contributed by atoms with Gasteiger partial charge in [-0.15, -0.1) is 0 Å². The number of rotatable bonds is 1. The summed E-state index contributed by atoms with van der Waals surface area (Å²) in [5.41, 5.74) is 1.08. The summed E-state index contributed by atoms with van der Waals surface area (Å²) in [7, 11) is 0. The van der Waals surface area contributed by atoms with Gasteiger partial charge in [0.25, 0.3) is 0 Å². The topological polar surface area (TPSA) is 18.5 Å². The standard InChI is InChI=1S/C12H16O2/c1-4-9-5-6-10-11(7-9)13-8-12(2,3)14-10/h5-7H,4,8H2,1-3H3. The molecule has 0 aromatic heterocycles. The second-order valence-corrected chi connectivity index (χ2v) is 4.29. The molecule has 0 spiro atoms. The Morgan fingerprint density at radius 2 is 2.07 bits per heavy atom. The predicted octanol–water partition coefficient (Wildman–Crippen LogP) is 2.80. The van der Waals surface area contributed by atoms with Gasteiger partial charge >= 0.3 is 0 Å². The molecular weight excluding hydrogens is 176 g/mol. The van der Waals surface area contributed by atoms with Crippen molar-refractivity contribution >= 4 is 0 Å². The Balaban J connectivity index is 2.32. The maximum absolute atomic E-state index is 5.79. The van der Waals surface area contributed by atoms with Crippen LogP contribution in [-0.2, 0) is 6.42 Å². The van der Waals surface area contributed by atoms with Crippen LogP contribution in [0.5, 0.6) is 11.5 Å². The van der Waals surface area contributed by atoms with E-state index in [-0.39, 0.29) is 5.60 Å². The third kappa shape index (κ3) is 1.69. The molecular formula is C12H16O2. The number of aryl methyl sites for hydroxylation is 1. The lowest BCUT2D eigenvalue weighted by Crippen LogP contribution is -2.38. The van der Waals surface area contributed by atoms with Crippen LogP contribution in [0, 0.1) is 0 Å². The molecule has 0 unspecified atom stereocenters. The van der Waals surface area contributed by atoms with E-state index in [0.29, 0.717) is 6.61 Å². The van der Waals surface area contributed by atoms with Crippen molar-refractivity contribution in [1.82, 2.24) is 0 Å². The first-order valence-electron chi connectivity index (χ1n) is 5.05. The molecule has 0 radical (unpaired) electrons. The van der Waals surface area contributed by atoms with Crippen molar-refractivity contribution in [2.24, 2.45) is 0 Å². The molecule has 76 valence electrons. The van der Waals surface area contributed by atoms with E-state index in [1.807, 2.05) is 19.9 Å². The van der Waals surface area contributed by atoms with Crippen LogP contribution in [0.15, 0.2) is 18.2 Å². The third-order valence-corrected chi connectivity index (χ3v) is 2.38. The molecule has 2 nitrogen and oxygen atoms in total. The van der Waals surface area contributed by atoms with Crippen LogP contribution in [0.25, 0.3) is 0 Å². The molecule has 2 rings (SSSR count). The van der Waals surface area contributed by atoms with Gasteiger partial charge in [-0.1, -0.05) is 13.0 Å². The van der Waals surface area contributed by atoms with Crippen molar-refractivity contribution < 1.29 is 9.47 Å². The van der Waals surface area contributed by atoms with Crippen molar-refractivity contribution in [3.63, 3.8) is 0 Å². The summed E-state index contributed by atoms with van der Waals surface area (Å²) in [6.45, 7) is 6.82. The largest absolute Gasteiger partial charge is 0.486 e. The molecule has 1 aromatic rings. The summed E-state index contributed by atoms with van der Waals surface area (Å²) < 4.78 is 11.4. The summed E-state index contributed by atoms with van der Waals surface area (Å²) in [4.78, 5) is 0. The van der Waals surface area contributed by atoms with E-state index in [1.165, 1.54) is 5.56 Å². The van der Waals surface area contributed by atoms with Gasteiger partial charge in [-0.25, -0.2) is 0 Å². The third-order valence-electron chi connectivity index (χ3n) is 2.38. The second kappa shape index (κ2) is 3.19. The van der Waals surface area contributed by atoms with E-state index in [9.17, 15) is 0 Å². The van der Waals surface area contributed by atoms with Gasteiger partial charge in [0.05, 0.1) is 0 Å². The van der Waals surface area contributed by atoms with Crippen LogP contribution >= 0.6 is 0 Å². The first-order chi connectivity index (χ1) is 6.61. The zero-order chi connectivity index (χ0) is 10.2. The molecule has 0 atom stereocenters. The van der Waals surface area contributed by atoms with Crippen LogP contribution in [0.1, 0.15) is 26.3 Å². The number of hydrogen-bond donors (Lipinski definition) is 0. The summed E-state index contributed by atoms with van der Waals surface area (Å²) in [5.74, 6) is 1.74.